The van der Waals surface area contributed by atoms with Crippen LogP contribution >= 0.6 is 0 Å². The van der Waals surface area contributed by atoms with E-state index in [-0.39, 0.29) is 49.7 Å². The standard InChI is InChI=1S/C37H31N7O5/c1-23-15-16-25(18-29(23)35(46)40-26-10-3-2-4-11-26)30-20-43(42-41-30)21-31-32(49-22-39-31)19-38-33(45)14-7-17-44-36(47)27-12-5-8-24-9-6-13-28(34(24)27)37(44)48/h2-6,8-13,15-16,18,20,22H,7,14,17,19,21H2,1H3,(H,38,45)(H,40,46). The van der Waals surface area contributed by atoms with E-state index in [0.29, 0.717) is 51.3 Å². The third-order valence-electron chi connectivity index (χ3n) is 8.47. The highest BCUT2D eigenvalue weighted by atomic mass is 16.3. The number of oxazole rings is 1. The molecule has 0 unspecified atom stereocenters. The fraction of sp³-hybridized carbons (Fsp3) is 0.162. The van der Waals surface area contributed by atoms with Gasteiger partial charge in [-0.1, -0.05) is 59.8 Å². The molecule has 1 aliphatic rings. The number of nitrogens with zero attached hydrogens (tertiary/aromatic N) is 5. The number of para-hydroxylation sites is 1. The third kappa shape index (κ3) is 6.44. The molecule has 12 heteroatoms. The molecular formula is C37H31N7O5. The molecule has 12 nitrogen and oxygen atoms in total. The number of nitrogens with one attached hydrogen (secondary N) is 2. The van der Waals surface area contributed by atoms with Gasteiger partial charge in [0.15, 0.2) is 6.39 Å². The summed E-state index contributed by atoms with van der Waals surface area (Å²) in [4.78, 5) is 57.4. The Morgan fingerprint density at radius 1 is 0.898 bits per heavy atom. The molecule has 244 valence electrons. The zero-order valence-electron chi connectivity index (χ0n) is 26.6. The fourth-order valence-electron chi connectivity index (χ4n) is 5.92. The molecule has 6 aromatic rings. The molecule has 0 radical (unpaired) electrons. The second-order valence-corrected chi connectivity index (χ2v) is 11.7. The first kappa shape index (κ1) is 31.2. The Hall–Kier alpha value is -6.43. The Morgan fingerprint density at radius 2 is 1.65 bits per heavy atom. The average Bonchev–Trinajstić information content (AvgIpc) is 3.78. The van der Waals surface area contributed by atoms with Gasteiger partial charge in [0, 0.05) is 46.3 Å². The summed E-state index contributed by atoms with van der Waals surface area (Å²) in [6.45, 7) is 2.35. The minimum absolute atomic E-state index is 0.102. The van der Waals surface area contributed by atoms with Gasteiger partial charge in [0.05, 0.1) is 19.3 Å². The maximum Gasteiger partial charge on any atom is 0.261 e. The molecule has 3 heterocycles. The number of anilines is 1. The van der Waals surface area contributed by atoms with Crippen LogP contribution in [0.25, 0.3) is 22.0 Å². The van der Waals surface area contributed by atoms with Gasteiger partial charge >= 0.3 is 0 Å². The Bertz CT molecular complexity index is 2170. The normalized spacial score (nSPS) is 12.4. The fourth-order valence-corrected chi connectivity index (χ4v) is 5.92. The summed E-state index contributed by atoms with van der Waals surface area (Å²) in [5.41, 5.74) is 4.93. The Labute approximate surface area is 280 Å². The number of amides is 4. The average molecular weight is 654 g/mol. The van der Waals surface area contributed by atoms with E-state index < -0.39 is 0 Å². The summed E-state index contributed by atoms with van der Waals surface area (Å²) in [7, 11) is 0. The summed E-state index contributed by atoms with van der Waals surface area (Å²) in [5, 5.41) is 15.8. The van der Waals surface area contributed by atoms with Gasteiger partial charge in [-0.3, -0.25) is 24.1 Å². The highest BCUT2D eigenvalue weighted by molar-refractivity contribution is 6.25. The van der Waals surface area contributed by atoms with Crippen LogP contribution in [-0.4, -0.2) is 55.1 Å². The van der Waals surface area contributed by atoms with Crippen molar-refractivity contribution in [1.29, 1.82) is 0 Å². The van der Waals surface area contributed by atoms with Crippen LogP contribution in [0.5, 0.6) is 0 Å². The van der Waals surface area contributed by atoms with Gasteiger partial charge in [-0.15, -0.1) is 5.10 Å². The molecule has 2 aromatic heterocycles. The van der Waals surface area contributed by atoms with Gasteiger partial charge in [-0.2, -0.15) is 0 Å². The van der Waals surface area contributed by atoms with Crippen molar-refractivity contribution in [3.8, 4) is 11.3 Å². The van der Waals surface area contributed by atoms with Crippen molar-refractivity contribution < 1.29 is 23.6 Å². The summed E-state index contributed by atoms with van der Waals surface area (Å²) < 4.78 is 7.15. The predicted molar refractivity (Wildman–Crippen MR) is 181 cm³/mol. The van der Waals surface area contributed by atoms with Crippen LogP contribution in [0, 0.1) is 6.92 Å². The Balaban J connectivity index is 0.931. The second-order valence-electron chi connectivity index (χ2n) is 11.7. The van der Waals surface area contributed by atoms with Gasteiger partial charge in [0.2, 0.25) is 5.91 Å². The lowest BCUT2D eigenvalue weighted by Crippen LogP contribution is -2.41. The van der Waals surface area contributed by atoms with E-state index in [1.165, 1.54) is 11.3 Å². The molecule has 0 saturated heterocycles. The molecule has 7 rings (SSSR count). The van der Waals surface area contributed by atoms with E-state index in [9.17, 15) is 19.2 Å². The molecule has 0 aliphatic carbocycles. The maximum absolute atomic E-state index is 13.1. The van der Waals surface area contributed by atoms with E-state index in [2.05, 4.69) is 25.9 Å². The van der Waals surface area contributed by atoms with E-state index in [1.807, 2.05) is 61.5 Å². The van der Waals surface area contributed by atoms with Gasteiger partial charge < -0.3 is 15.1 Å². The largest absolute Gasteiger partial charge is 0.446 e. The lowest BCUT2D eigenvalue weighted by atomic mass is 9.94. The van der Waals surface area contributed by atoms with Crippen LogP contribution in [0.4, 0.5) is 5.69 Å². The van der Waals surface area contributed by atoms with Gasteiger partial charge in [-0.05, 0) is 54.6 Å². The van der Waals surface area contributed by atoms with Crippen molar-refractivity contribution >= 4 is 40.1 Å². The topological polar surface area (TPSA) is 152 Å². The molecule has 0 atom stereocenters. The van der Waals surface area contributed by atoms with Crippen molar-refractivity contribution in [3.63, 3.8) is 0 Å². The number of benzene rings is 4. The summed E-state index contributed by atoms with van der Waals surface area (Å²) >= 11 is 0. The lowest BCUT2D eigenvalue weighted by Gasteiger charge is -2.27. The van der Waals surface area contributed by atoms with Crippen LogP contribution in [0.1, 0.15) is 60.9 Å². The van der Waals surface area contributed by atoms with Crippen molar-refractivity contribution in [3.05, 3.63) is 131 Å². The van der Waals surface area contributed by atoms with Crippen LogP contribution in [0.15, 0.2) is 102 Å². The quantitative estimate of drug-likeness (QED) is 0.177. The summed E-state index contributed by atoms with van der Waals surface area (Å²) in [6.07, 6.45) is 3.47. The monoisotopic (exact) mass is 653 g/mol. The zero-order valence-corrected chi connectivity index (χ0v) is 26.6. The van der Waals surface area contributed by atoms with E-state index in [4.69, 9.17) is 4.42 Å². The smallest absolute Gasteiger partial charge is 0.261 e. The van der Waals surface area contributed by atoms with E-state index >= 15 is 0 Å². The molecule has 2 N–H and O–H groups in total. The summed E-state index contributed by atoms with van der Waals surface area (Å²) in [6, 6.07) is 25.6. The van der Waals surface area contributed by atoms with E-state index in [0.717, 1.165) is 16.5 Å². The summed E-state index contributed by atoms with van der Waals surface area (Å²) in [5.74, 6) is -0.713. The van der Waals surface area contributed by atoms with Gasteiger partial charge in [0.1, 0.15) is 17.1 Å². The minimum Gasteiger partial charge on any atom is -0.446 e. The molecular weight excluding hydrogens is 622 g/mol. The molecule has 0 fully saturated rings. The number of aryl methyl sites for hydroxylation is 1. The lowest BCUT2D eigenvalue weighted by molar-refractivity contribution is -0.121. The highest BCUT2D eigenvalue weighted by Gasteiger charge is 2.32. The number of rotatable bonds is 11. The molecule has 49 heavy (non-hydrogen) atoms. The highest BCUT2D eigenvalue weighted by Crippen LogP contribution is 2.30. The van der Waals surface area contributed by atoms with Crippen LogP contribution in [-0.2, 0) is 17.9 Å². The Kier molecular flexibility index (Phi) is 8.50. The predicted octanol–water partition coefficient (Wildman–Crippen LogP) is 5.39. The second kappa shape index (κ2) is 13.4. The number of imide groups is 1. The number of hydrogen-bond donors (Lipinski definition) is 2. The number of carbonyl (C=O) groups excluding carboxylic acids is 4. The molecule has 1 aliphatic heterocycles. The molecule has 0 bridgehead atoms. The number of hydrogen-bond acceptors (Lipinski definition) is 8. The zero-order chi connectivity index (χ0) is 33.9. The van der Waals surface area contributed by atoms with Crippen molar-refractivity contribution in [1.82, 2.24) is 30.2 Å². The first-order valence-electron chi connectivity index (χ1n) is 15.8. The SMILES string of the molecule is Cc1ccc(-c2cn(Cc3ncoc3CNC(=O)CCCN3C(=O)c4cccc5cccc(c45)C3=O)nn2)cc1C(=O)Nc1ccccc1. The van der Waals surface area contributed by atoms with Crippen LogP contribution in [0.3, 0.4) is 0 Å². The number of carbonyl (C=O) groups is 4. The van der Waals surface area contributed by atoms with Crippen LogP contribution in [0.2, 0.25) is 0 Å². The van der Waals surface area contributed by atoms with E-state index in [1.54, 1.807) is 41.2 Å². The first-order chi connectivity index (χ1) is 23.9. The van der Waals surface area contributed by atoms with Crippen molar-refractivity contribution in [2.24, 2.45) is 0 Å². The van der Waals surface area contributed by atoms with Crippen molar-refractivity contribution in [2.75, 3.05) is 11.9 Å². The Morgan fingerprint density at radius 3 is 2.41 bits per heavy atom. The maximum atomic E-state index is 13.1. The van der Waals surface area contributed by atoms with Crippen molar-refractivity contribution in [2.45, 2.75) is 32.9 Å². The molecule has 0 spiro atoms. The number of aromatic nitrogens is 4. The van der Waals surface area contributed by atoms with Gasteiger partial charge in [0.25, 0.3) is 17.7 Å². The van der Waals surface area contributed by atoms with Gasteiger partial charge in [-0.25, -0.2) is 9.67 Å². The molecule has 0 saturated carbocycles. The minimum atomic E-state index is -0.353. The van der Waals surface area contributed by atoms with Crippen LogP contribution < -0.4 is 10.6 Å². The third-order valence-corrected chi connectivity index (χ3v) is 8.47. The first-order valence-corrected chi connectivity index (χ1v) is 15.8. The molecule has 4 aromatic carbocycles. The molecule has 4 amide bonds.